The van der Waals surface area contributed by atoms with Gasteiger partial charge < -0.3 is 4.74 Å². The van der Waals surface area contributed by atoms with Crippen LogP contribution in [0.1, 0.15) is 12.0 Å². The second-order valence-electron chi connectivity index (χ2n) is 2.56. The van der Waals surface area contributed by atoms with E-state index in [-0.39, 0.29) is 5.97 Å². The molecule has 1 heterocycles. The topological polar surface area (TPSA) is 39.2 Å². The molecule has 0 spiro atoms. The third-order valence-electron chi connectivity index (χ3n) is 1.64. The van der Waals surface area contributed by atoms with Gasteiger partial charge in [0.25, 0.3) is 0 Å². The Hall–Kier alpha value is -1.09. The van der Waals surface area contributed by atoms with Gasteiger partial charge >= 0.3 is 5.97 Å². The SMILES string of the molecule is COC(=O)CCc1ccnc(Cl)c1. The quantitative estimate of drug-likeness (QED) is 0.551. The summed E-state index contributed by atoms with van der Waals surface area (Å²) in [5.41, 5.74) is 0.991. The molecule has 0 aliphatic heterocycles. The lowest BCUT2D eigenvalue weighted by Crippen LogP contribution is -2.01. The molecule has 0 saturated heterocycles. The van der Waals surface area contributed by atoms with Crippen LogP contribution in [0.5, 0.6) is 0 Å². The number of ether oxygens (including phenoxy) is 1. The molecule has 0 bridgehead atoms. The first-order valence-corrected chi connectivity index (χ1v) is 4.27. The highest BCUT2D eigenvalue weighted by Crippen LogP contribution is 2.09. The highest BCUT2D eigenvalue weighted by molar-refractivity contribution is 6.29. The summed E-state index contributed by atoms with van der Waals surface area (Å²) in [6.07, 6.45) is 2.63. The fourth-order valence-corrected chi connectivity index (χ4v) is 1.14. The zero-order valence-electron chi connectivity index (χ0n) is 7.29. The van der Waals surface area contributed by atoms with Crippen molar-refractivity contribution in [3.63, 3.8) is 0 Å². The summed E-state index contributed by atoms with van der Waals surface area (Å²) in [7, 11) is 1.38. The summed E-state index contributed by atoms with van der Waals surface area (Å²) in [5, 5.41) is 0.447. The predicted molar refractivity (Wildman–Crippen MR) is 49.6 cm³/mol. The third kappa shape index (κ3) is 3.42. The molecule has 0 atom stereocenters. The van der Waals surface area contributed by atoms with E-state index in [2.05, 4.69) is 9.72 Å². The van der Waals surface area contributed by atoms with Crippen molar-refractivity contribution in [1.29, 1.82) is 0 Å². The first kappa shape index (κ1) is 9.99. The first-order chi connectivity index (χ1) is 6.22. The maximum absolute atomic E-state index is 10.8. The van der Waals surface area contributed by atoms with Gasteiger partial charge in [0.1, 0.15) is 5.15 Å². The van der Waals surface area contributed by atoms with Gasteiger partial charge in [-0.2, -0.15) is 0 Å². The van der Waals surface area contributed by atoms with Gasteiger partial charge in [-0.1, -0.05) is 11.6 Å². The lowest BCUT2D eigenvalue weighted by molar-refractivity contribution is -0.140. The smallest absolute Gasteiger partial charge is 0.305 e. The monoisotopic (exact) mass is 199 g/mol. The largest absolute Gasteiger partial charge is 0.469 e. The number of halogens is 1. The second kappa shape index (κ2) is 4.82. The van der Waals surface area contributed by atoms with E-state index in [4.69, 9.17) is 11.6 Å². The van der Waals surface area contributed by atoms with Crippen LogP contribution in [0.25, 0.3) is 0 Å². The molecule has 0 saturated carbocycles. The molecular formula is C9H10ClNO2. The van der Waals surface area contributed by atoms with Crippen LogP contribution in [0.4, 0.5) is 0 Å². The summed E-state index contributed by atoms with van der Waals surface area (Å²) in [6.45, 7) is 0. The standard InChI is InChI=1S/C9H10ClNO2/c1-13-9(12)3-2-7-4-5-11-8(10)6-7/h4-6H,2-3H2,1H3. The molecule has 0 fully saturated rings. The van der Waals surface area contributed by atoms with Crippen molar-refractivity contribution in [2.75, 3.05) is 7.11 Å². The zero-order valence-corrected chi connectivity index (χ0v) is 8.04. The van der Waals surface area contributed by atoms with E-state index in [1.807, 2.05) is 6.07 Å². The molecule has 1 aromatic heterocycles. The van der Waals surface area contributed by atoms with Gasteiger partial charge in [0, 0.05) is 12.6 Å². The van der Waals surface area contributed by atoms with E-state index in [0.29, 0.717) is 18.0 Å². The van der Waals surface area contributed by atoms with Gasteiger partial charge in [-0.05, 0) is 24.1 Å². The average Bonchev–Trinajstić information content (AvgIpc) is 2.14. The molecule has 0 radical (unpaired) electrons. The van der Waals surface area contributed by atoms with Gasteiger partial charge in [-0.3, -0.25) is 4.79 Å². The number of esters is 1. The van der Waals surface area contributed by atoms with Crippen molar-refractivity contribution in [1.82, 2.24) is 4.98 Å². The molecule has 0 aliphatic rings. The maximum atomic E-state index is 10.8. The fraction of sp³-hybridized carbons (Fsp3) is 0.333. The highest BCUT2D eigenvalue weighted by Gasteiger charge is 2.01. The van der Waals surface area contributed by atoms with Crippen LogP contribution >= 0.6 is 11.6 Å². The van der Waals surface area contributed by atoms with E-state index in [1.165, 1.54) is 7.11 Å². The molecule has 1 rings (SSSR count). The van der Waals surface area contributed by atoms with Crippen molar-refractivity contribution in [3.05, 3.63) is 29.0 Å². The number of nitrogens with zero attached hydrogens (tertiary/aromatic N) is 1. The van der Waals surface area contributed by atoms with Gasteiger partial charge in [0.05, 0.1) is 7.11 Å². The molecule has 70 valence electrons. The molecule has 0 N–H and O–H groups in total. The van der Waals surface area contributed by atoms with Crippen LogP contribution in [0, 0.1) is 0 Å². The molecule has 0 amide bonds. The number of aromatic nitrogens is 1. The van der Waals surface area contributed by atoms with Crippen LogP contribution in [-0.4, -0.2) is 18.1 Å². The number of pyridine rings is 1. The number of rotatable bonds is 3. The summed E-state index contributed by atoms with van der Waals surface area (Å²) < 4.78 is 4.51. The first-order valence-electron chi connectivity index (χ1n) is 3.89. The van der Waals surface area contributed by atoms with E-state index in [0.717, 1.165) is 5.56 Å². The van der Waals surface area contributed by atoms with Crippen LogP contribution in [0.15, 0.2) is 18.3 Å². The Morgan fingerprint density at radius 2 is 2.46 bits per heavy atom. The minimum atomic E-state index is -0.215. The molecular weight excluding hydrogens is 190 g/mol. The second-order valence-corrected chi connectivity index (χ2v) is 2.95. The number of hydrogen-bond acceptors (Lipinski definition) is 3. The Labute approximate surface area is 81.7 Å². The van der Waals surface area contributed by atoms with Crippen LogP contribution in [0.3, 0.4) is 0 Å². The highest BCUT2D eigenvalue weighted by atomic mass is 35.5. The lowest BCUT2D eigenvalue weighted by Gasteiger charge is -1.99. The summed E-state index contributed by atoms with van der Waals surface area (Å²) >= 11 is 5.67. The van der Waals surface area contributed by atoms with Crippen molar-refractivity contribution >= 4 is 17.6 Å². The number of carbonyl (C=O) groups is 1. The Kier molecular flexibility index (Phi) is 3.71. The van der Waals surface area contributed by atoms with Crippen molar-refractivity contribution in [2.24, 2.45) is 0 Å². The molecule has 0 aromatic carbocycles. The normalized spacial score (nSPS) is 9.69. The lowest BCUT2D eigenvalue weighted by atomic mass is 10.1. The average molecular weight is 200 g/mol. The zero-order chi connectivity index (χ0) is 9.68. The molecule has 0 aliphatic carbocycles. The van der Waals surface area contributed by atoms with Crippen LogP contribution in [0.2, 0.25) is 5.15 Å². The Balaban J connectivity index is 2.50. The van der Waals surface area contributed by atoms with Crippen molar-refractivity contribution < 1.29 is 9.53 Å². The number of methoxy groups -OCH3 is 1. The van der Waals surface area contributed by atoms with Crippen molar-refractivity contribution in [2.45, 2.75) is 12.8 Å². The van der Waals surface area contributed by atoms with E-state index >= 15 is 0 Å². The molecule has 3 nitrogen and oxygen atoms in total. The molecule has 4 heteroatoms. The van der Waals surface area contributed by atoms with E-state index in [1.54, 1.807) is 12.3 Å². The van der Waals surface area contributed by atoms with Crippen LogP contribution < -0.4 is 0 Å². The molecule has 1 aromatic rings. The number of aryl methyl sites for hydroxylation is 1. The minimum Gasteiger partial charge on any atom is -0.469 e. The Bertz CT molecular complexity index is 301. The summed E-state index contributed by atoms with van der Waals surface area (Å²) in [5.74, 6) is -0.215. The number of carbonyl (C=O) groups excluding carboxylic acids is 1. The predicted octanol–water partition coefficient (Wildman–Crippen LogP) is 1.84. The third-order valence-corrected chi connectivity index (χ3v) is 1.84. The fourth-order valence-electron chi connectivity index (χ4n) is 0.947. The summed E-state index contributed by atoms with van der Waals surface area (Å²) in [6, 6.07) is 3.57. The van der Waals surface area contributed by atoms with Crippen LogP contribution in [-0.2, 0) is 16.0 Å². The van der Waals surface area contributed by atoms with E-state index in [9.17, 15) is 4.79 Å². The molecule has 0 unspecified atom stereocenters. The van der Waals surface area contributed by atoms with Crippen molar-refractivity contribution in [3.8, 4) is 0 Å². The summed E-state index contributed by atoms with van der Waals surface area (Å²) in [4.78, 5) is 14.6. The Morgan fingerprint density at radius 1 is 1.69 bits per heavy atom. The maximum Gasteiger partial charge on any atom is 0.305 e. The minimum absolute atomic E-state index is 0.215. The Morgan fingerprint density at radius 3 is 3.08 bits per heavy atom. The van der Waals surface area contributed by atoms with Gasteiger partial charge in [-0.15, -0.1) is 0 Å². The van der Waals surface area contributed by atoms with Gasteiger partial charge in [-0.25, -0.2) is 4.98 Å². The van der Waals surface area contributed by atoms with E-state index < -0.39 is 0 Å². The van der Waals surface area contributed by atoms with Gasteiger partial charge in [0.15, 0.2) is 0 Å². The number of hydrogen-bond donors (Lipinski definition) is 0. The van der Waals surface area contributed by atoms with Gasteiger partial charge in [0.2, 0.25) is 0 Å². The molecule has 13 heavy (non-hydrogen) atoms.